The fraction of sp³-hybridized carbons (Fsp3) is 0.500. The van der Waals surface area contributed by atoms with E-state index in [9.17, 15) is 0 Å². The molecule has 1 aromatic rings. The Morgan fingerprint density at radius 2 is 1.71 bits per heavy atom. The highest BCUT2D eigenvalue weighted by atomic mass is 15.0. The van der Waals surface area contributed by atoms with Crippen LogP contribution in [-0.4, -0.2) is 5.54 Å². The Hall–Kier alpha value is -1.50. The summed E-state index contributed by atoms with van der Waals surface area (Å²) in [7, 11) is 0. The van der Waals surface area contributed by atoms with Crippen molar-refractivity contribution in [2.75, 3.05) is 5.32 Å². The monoisotopic (exact) mass is 283 g/mol. The van der Waals surface area contributed by atoms with E-state index in [0.717, 1.165) is 6.42 Å². The number of hydrogen-bond acceptors (Lipinski definition) is 1. The molecule has 0 saturated carbocycles. The third kappa shape index (κ3) is 5.41. The minimum Gasteiger partial charge on any atom is -0.376 e. The largest absolute Gasteiger partial charge is 0.376 e. The van der Waals surface area contributed by atoms with Crippen LogP contribution in [0.4, 0.5) is 5.69 Å². The number of unbranched alkanes of at least 4 members (excludes halogenated alkanes) is 5. The SMILES string of the molecule is CCCCCCCCC1(Nc2ccccc2)C=CC=CC1. The van der Waals surface area contributed by atoms with E-state index < -0.39 is 0 Å². The van der Waals surface area contributed by atoms with Gasteiger partial charge in [-0.3, -0.25) is 0 Å². The molecule has 1 nitrogen and oxygen atoms in total. The maximum Gasteiger partial charge on any atom is 0.0593 e. The molecular formula is C20H29N. The van der Waals surface area contributed by atoms with E-state index in [1.165, 1.54) is 50.6 Å². The molecule has 0 heterocycles. The summed E-state index contributed by atoms with van der Waals surface area (Å²) < 4.78 is 0. The highest BCUT2D eigenvalue weighted by Crippen LogP contribution is 2.29. The molecule has 0 saturated heterocycles. The summed E-state index contributed by atoms with van der Waals surface area (Å²) in [4.78, 5) is 0. The van der Waals surface area contributed by atoms with Crippen molar-refractivity contribution < 1.29 is 0 Å². The van der Waals surface area contributed by atoms with Gasteiger partial charge in [0.15, 0.2) is 0 Å². The summed E-state index contributed by atoms with van der Waals surface area (Å²) in [5.74, 6) is 0. The second-order valence-electron chi connectivity index (χ2n) is 6.16. The van der Waals surface area contributed by atoms with Gasteiger partial charge in [-0.05, 0) is 25.0 Å². The molecule has 1 N–H and O–H groups in total. The first-order valence-corrected chi connectivity index (χ1v) is 8.52. The van der Waals surface area contributed by atoms with Crippen LogP contribution in [0.15, 0.2) is 54.6 Å². The first kappa shape index (κ1) is 15.9. The van der Waals surface area contributed by atoms with E-state index in [-0.39, 0.29) is 5.54 Å². The zero-order valence-corrected chi connectivity index (χ0v) is 13.4. The lowest BCUT2D eigenvalue weighted by atomic mass is 9.85. The summed E-state index contributed by atoms with van der Waals surface area (Å²) in [6.45, 7) is 2.28. The van der Waals surface area contributed by atoms with Crippen LogP contribution in [0.1, 0.15) is 58.3 Å². The van der Waals surface area contributed by atoms with Crippen molar-refractivity contribution in [2.24, 2.45) is 0 Å². The summed E-state index contributed by atoms with van der Waals surface area (Å²) in [6, 6.07) is 10.6. The Morgan fingerprint density at radius 3 is 2.43 bits per heavy atom. The van der Waals surface area contributed by atoms with Gasteiger partial charge in [0.2, 0.25) is 0 Å². The second kappa shape index (κ2) is 8.71. The molecule has 1 heteroatoms. The van der Waals surface area contributed by atoms with E-state index in [4.69, 9.17) is 0 Å². The van der Waals surface area contributed by atoms with Crippen LogP contribution >= 0.6 is 0 Å². The fourth-order valence-corrected chi connectivity index (χ4v) is 3.04. The van der Waals surface area contributed by atoms with Crippen molar-refractivity contribution in [1.82, 2.24) is 0 Å². The van der Waals surface area contributed by atoms with Crippen molar-refractivity contribution >= 4 is 5.69 Å². The average molecular weight is 283 g/mol. The topological polar surface area (TPSA) is 12.0 Å². The molecule has 0 amide bonds. The van der Waals surface area contributed by atoms with E-state index >= 15 is 0 Å². The van der Waals surface area contributed by atoms with Crippen LogP contribution in [0.2, 0.25) is 0 Å². The van der Waals surface area contributed by atoms with Crippen molar-refractivity contribution in [2.45, 2.75) is 63.8 Å². The molecule has 0 spiro atoms. The number of allylic oxidation sites excluding steroid dienone is 2. The fourth-order valence-electron chi connectivity index (χ4n) is 3.04. The zero-order chi connectivity index (χ0) is 14.8. The highest BCUT2D eigenvalue weighted by Gasteiger charge is 2.26. The second-order valence-corrected chi connectivity index (χ2v) is 6.16. The molecule has 0 aliphatic heterocycles. The van der Waals surface area contributed by atoms with Gasteiger partial charge >= 0.3 is 0 Å². The van der Waals surface area contributed by atoms with Gasteiger partial charge in [-0.15, -0.1) is 0 Å². The van der Waals surface area contributed by atoms with Gasteiger partial charge in [0.05, 0.1) is 5.54 Å². The predicted molar refractivity (Wildman–Crippen MR) is 93.7 cm³/mol. The Labute approximate surface area is 130 Å². The molecule has 1 unspecified atom stereocenters. The van der Waals surface area contributed by atoms with Crippen molar-refractivity contribution in [3.05, 3.63) is 54.6 Å². The minimum atomic E-state index is 0.112. The smallest absolute Gasteiger partial charge is 0.0593 e. The summed E-state index contributed by atoms with van der Waals surface area (Å²) in [5, 5.41) is 3.76. The molecule has 0 bridgehead atoms. The number of benzene rings is 1. The number of nitrogens with one attached hydrogen (secondary N) is 1. The summed E-state index contributed by atoms with van der Waals surface area (Å²) in [5.41, 5.74) is 1.34. The standard InChI is InChI=1S/C20H29N/c1-2-3-4-5-6-11-16-20(17-12-8-13-18-20)21-19-14-9-7-10-15-19/h7-10,12-15,17,21H,2-6,11,16,18H2,1H3. The third-order valence-electron chi connectivity index (χ3n) is 4.29. The lowest BCUT2D eigenvalue weighted by molar-refractivity contribution is 0.481. The molecule has 0 radical (unpaired) electrons. The van der Waals surface area contributed by atoms with Crippen molar-refractivity contribution in [1.29, 1.82) is 0 Å². The molecule has 1 aliphatic carbocycles. The van der Waals surface area contributed by atoms with Gasteiger partial charge in [-0.1, -0.05) is 88.0 Å². The van der Waals surface area contributed by atoms with Gasteiger partial charge in [-0.2, -0.15) is 0 Å². The molecule has 21 heavy (non-hydrogen) atoms. The molecule has 1 aromatic carbocycles. The molecular weight excluding hydrogens is 254 g/mol. The van der Waals surface area contributed by atoms with Gasteiger partial charge in [0.1, 0.15) is 0 Å². The maximum absolute atomic E-state index is 3.76. The van der Waals surface area contributed by atoms with Crippen LogP contribution in [-0.2, 0) is 0 Å². The summed E-state index contributed by atoms with van der Waals surface area (Å²) in [6.07, 6.45) is 19.4. The van der Waals surface area contributed by atoms with E-state index in [2.05, 4.69) is 66.9 Å². The quantitative estimate of drug-likeness (QED) is 0.540. The molecule has 1 aliphatic rings. The lowest BCUT2D eigenvalue weighted by Crippen LogP contribution is -2.36. The summed E-state index contributed by atoms with van der Waals surface area (Å²) >= 11 is 0. The number of rotatable bonds is 9. The first-order chi connectivity index (χ1) is 10.3. The van der Waals surface area contributed by atoms with Crippen molar-refractivity contribution in [3.63, 3.8) is 0 Å². The van der Waals surface area contributed by atoms with E-state index in [1.54, 1.807) is 0 Å². The van der Waals surface area contributed by atoms with E-state index in [0.29, 0.717) is 0 Å². The molecule has 114 valence electrons. The average Bonchev–Trinajstić information content (AvgIpc) is 2.53. The Balaban J connectivity index is 1.86. The van der Waals surface area contributed by atoms with Crippen LogP contribution in [0, 0.1) is 0 Å². The van der Waals surface area contributed by atoms with Gasteiger partial charge < -0.3 is 5.32 Å². The Bertz CT molecular complexity index is 446. The van der Waals surface area contributed by atoms with Crippen LogP contribution in [0.25, 0.3) is 0 Å². The minimum absolute atomic E-state index is 0.112. The molecule has 1 atom stereocenters. The van der Waals surface area contributed by atoms with Gasteiger partial charge in [0.25, 0.3) is 0 Å². The van der Waals surface area contributed by atoms with Crippen LogP contribution in [0.5, 0.6) is 0 Å². The predicted octanol–water partition coefficient (Wildman–Crippen LogP) is 6.10. The molecule has 0 fully saturated rings. The zero-order valence-electron chi connectivity index (χ0n) is 13.4. The van der Waals surface area contributed by atoms with Crippen molar-refractivity contribution in [3.8, 4) is 0 Å². The number of hydrogen-bond donors (Lipinski definition) is 1. The molecule has 2 rings (SSSR count). The third-order valence-corrected chi connectivity index (χ3v) is 4.29. The number of para-hydroxylation sites is 1. The molecule has 0 aromatic heterocycles. The number of anilines is 1. The van der Waals surface area contributed by atoms with Gasteiger partial charge in [0, 0.05) is 5.69 Å². The maximum atomic E-state index is 3.76. The normalized spacial score (nSPS) is 20.6. The highest BCUT2D eigenvalue weighted by molar-refractivity contribution is 5.48. The Morgan fingerprint density at radius 1 is 0.952 bits per heavy atom. The lowest BCUT2D eigenvalue weighted by Gasteiger charge is -2.34. The van der Waals surface area contributed by atoms with Gasteiger partial charge in [-0.25, -0.2) is 0 Å². The Kier molecular flexibility index (Phi) is 6.59. The van der Waals surface area contributed by atoms with Crippen LogP contribution in [0.3, 0.4) is 0 Å². The van der Waals surface area contributed by atoms with E-state index in [1.807, 2.05) is 0 Å². The first-order valence-electron chi connectivity index (χ1n) is 8.52. The van der Waals surface area contributed by atoms with Crippen LogP contribution < -0.4 is 5.32 Å².